The van der Waals surface area contributed by atoms with Crippen molar-refractivity contribution in [3.8, 4) is 5.75 Å². The molecule has 1 aliphatic rings. The smallest absolute Gasteiger partial charge is 0.123 e. The van der Waals surface area contributed by atoms with Crippen LogP contribution in [0.2, 0.25) is 0 Å². The second-order valence-electron chi connectivity index (χ2n) is 9.37. The fraction of sp³-hybridized carbons (Fsp3) is 0.684. The van der Waals surface area contributed by atoms with Crippen LogP contribution < -0.4 is 10.9 Å². The van der Waals surface area contributed by atoms with E-state index in [1.54, 1.807) is 0 Å². The van der Waals surface area contributed by atoms with Crippen molar-refractivity contribution in [2.75, 3.05) is 0 Å². The molecule has 0 aromatic heterocycles. The van der Waals surface area contributed by atoms with Crippen molar-refractivity contribution in [1.29, 1.82) is 0 Å². The molecule has 0 saturated carbocycles. The number of nitrogens with one attached hydrogen (secondary N) is 2. The maximum Gasteiger partial charge on any atom is 0.123 e. The molecule has 1 saturated heterocycles. The predicted molar refractivity (Wildman–Crippen MR) is 93.2 cm³/mol. The van der Waals surface area contributed by atoms with E-state index < -0.39 is 0 Å². The second-order valence-corrected chi connectivity index (χ2v) is 9.37. The van der Waals surface area contributed by atoms with Gasteiger partial charge in [0.05, 0.1) is 0 Å². The van der Waals surface area contributed by atoms with Gasteiger partial charge in [0.15, 0.2) is 0 Å². The predicted octanol–water partition coefficient (Wildman–Crippen LogP) is 4.30. The molecule has 3 N–H and O–H groups in total. The summed E-state index contributed by atoms with van der Waals surface area (Å²) in [6.07, 6.45) is 1.03. The Hall–Kier alpha value is -1.06. The van der Waals surface area contributed by atoms with Crippen molar-refractivity contribution in [1.82, 2.24) is 10.9 Å². The minimum absolute atomic E-state index is 0.0817. The Bertz CT molecular complexity index is 527. The largest absolute Gasteiger partial charge is 0.507 e. The molecule has 0 amide bonds. The molecule has 0 radical (unpaired) electrons. The lowest BCUT2D eigenvalue weighted by Gasteiger charge is -2.29. The molecule has 1 aromatic carbocycles. The van der Waals surface area contributed by atoms with Gasteiger partial charge in [-0.15, -0.1) is 0 Å². The van der Waals surface area contributed by atoms with Gasteiger partial charge < -0.3 is 5.11 Å². The van der Waals surface area contributed by atoms with Gasteiger partial charge in [-0.2, -0.15) is 0 Å². The summed E-state index contributed by atoms with van der Waals surface area (Å²) in [5, 5.41) is 10.8. The van der Waals surface area contributed by atoms with E-state index >= 15 is 0 Å². The molecule has 1 fully saturated rings. The highest BCUT2D eigenvalue weighted by Crippen LogP contribution is 2.42. The van der Waals surface area contributed by atoms with Gasteiger partial charge in [-0.05, 0) is 59.9 Å². The summed E-state index contributed by atoms with van der Waals surface area (Å²) >= 11 is 0. The van der Waals surface area contributed by atoms with E-state index in [9.17, 15) is 5.11 Å². The van der Waals surface area contributed by atoms with Gasteiger partial charge in [0.2, 0.25) is 0 Å². The molecule has 1 heterocycles. The Labute approximate surface area is 135 Å². The normalized spacial score (nSPS) is 22.1. The van der Waals surface area contributed by atoms with Crippen LogP contribution in [-0.4, -0.2) is 10.6 Å². The number of rotatable bonds is 1. The van der Waals surface area contributed by atoms with Gasteiger partial charge in [-0.1, -0.05) is 41.5 Å². The Morgan fingerprint density at radius 2 is 1.45 bits per heavy atom. The van der Waals surface area contributed by atoms with Crippen LogP contribution in [0.15, 0.2) is 12.1 Å². The lowest BCUT2D eigenvalue weighted by Crippen LogP contribution is -2.38. The number of phenols is 1. The number of aromatic hydroxyl groups is 1. The first kappa shape index (κ1) is 17.3. The summed E-state index contributed by atoms with van der Waals surface area (Å²) in [4.78, 5) is 0. The summed E-state index contributed by atoms with van der Waals surface area (Å²) < 4.78 is 0. The number of phenolic OH excluding ortho intramolecular Hbond substituents is 1. The fourth-order valence-corrected chi connectivity index (χ4v) is 3.10. The molecule has 0 spiro atoms. The molecule has 1 atom stereocenters. The van der Waals surface area contributed by atoms with Crippen molar-refractivity contribution in [2.24, 2.45) is 0 Å². The van der Waals surface area contributed by atoms with Gasteiger partial charge in [0.25, 0.3) is 0 Å². The third-order valence-corrected chi connectivity index (χ3v) is 4.45. The number of hydrogen-bond donors (Lipinski definition) is 3. The molecule has 0 bridgehead atoms. The molecular formula is C19H32N2O. The van der Waals surface area contributed by atoms with Crippen LogP contribution in [0.25, 0.3) is 0 Å². The molecule has 1 unspecified atom stereocenters. The van der Waals surface area contributed by atoms with Gasteiger partial charge in [-0.25, -0.2) is 5.43 Å². The van der Waals surface area contributed by atoms with E-state index in [1.165, 1.54) is 5.56 Å². The average Bonchev–Trinajstić information content (AvgIpc) is 2.67. The Balaban J connectivity index is 2.57. The summed E-state index contributed by atoms with van der Waals surface area (Å²) in [7, 11) is 0. The van der Waals surface area contributed by atoms with E-state index in [1.807, 2.05) is 0 Å². The maximum absolute atomic E-state index is 10.8. The van der Waals surface area contributed by atoms with Crippen molar-refractivity contribution in [3.05, 3.63) is 28.8 Å². The highest BCUT2D eigenvalue weighted by atomic mass is 16.3. The van der Waals surface area contributed by atoms with Gasteiger partial charge in [0, 0.05) is 11.6 Å². The SMILES string of the molecule is CC1(C)CC(c2cc(C(C)(C)C)c(O)c(C(C)(C)C)c2)NN1. The van der Waals surface area contributed by atoms with Crippen molar-refractivity contribution < 1.29 is 5.11 Å². The zero-order chi connectivity index (χ0) is 16.9. The molecule has 1 aromatic rings. The molecule has 3 nitrogen and oxygen atoms in total. The van der Waals surface area contributed by atoms with E-state index in [2.05, 4.69) is 78.4 Å². The van der Waals surface area contributed by atoms with Crippen LogP contribution in [0.4, 0.5) is 0 Å². The monoisotopic (exact) mass is 304 g/mol. The maximum atomic E-state index is 10.8. The number of benzene rings is 1. The first-order chi connectivity index (χ1) is 9.81. The molecule has 124 valence electrons. The summed E-state index contributed by atoms with van der Waals surface area (Å²) in [6, 6.07) is 4.62. The van der Waals surface area contributed by atoms with Crippen molar-refractivity contribution in [3.63, 3.8) is 0 Å². The topological polar surface area (TPSA) is 44.3 Å². The van der Waals surface area contributed by atoms with Crippen LogP contribution in [0.1, 0.15) is 84.5 Å². The fourth-order valence-electron chi connectivity index (χ4n) is 3.10. The summed E-state index contributed by atoms with van der Waals surface area (Å²) in [6.45, 7) is 17.3. The Morgan fingerprint density at radius 3 is 1.77 bits per heavy atom. The zero-order valence-corrected chi connectivity index (χ0v) is 15.4. The Kier molecular flexibility index (Phi) is 4.12. The molecule has 3 heteroatoms. The number of hydrazine groups is 1. The van der Waals surface area contributed by atoms with Crippen molar-refractivity contribution >= 4 is 0 Å². The van der Waals surface area contributed by atoms with Crippen LogP contribution in [-0.2, 0) is 10.8 Å². The van der Waals surface area contributed by atoms with Crippen LogP contribution in [0.3, 0.4) is 0 Å². The third-order valence-electron chi connectivity index (χ3n) is 4.45. The quantitative estimate of drug-likeness (QED) is 0.724. The van der Waals surface area contributed by atoms with Crippen LogP contribution >= 0.6 is 0 Å². The number of hydrogen-bond acceptors (Lipinski definition) is 3. The summed E-state index contributed by atoms with van der Waals surface area (Å²) in [5.74, 6) is 0.453. The zero-order valence-electron chi connectivity index (χ0n) is 15.4. The minimum Gasteiger partial charge on any atom is -0.507 e. The molecule has 2 rings (SSSR count). The average molecular weight is 304 g/mol. The van der Waals surface area contributed by atoms with Crippen LogP contribution in [0, 0.1) is 0 Å². The van der Waals surface area contributed by atoms with E-state index in [4.69, 9.17) is 0 Å². The Morgan fingerprint density at radius 1 is 1.00 bits per heavy atom. The lowest BCUT2D eigenvalue weighted by atomic mass is 9.77. The molecule has 22 heavy (non-hydrogen) atoms. The van der Waals surface area contributed by atoms with Gasteiger partial charge in [-0.3, -0.25) is 5.43 Å². The molecular weight excluding hydrogens is 272 g/mol. The summed E-state index contributed by atoms with van der Waals surface area (Å²) in [5.41, 5.74) is 10.0. The third kappa shape index (κ3) is 3.47. The molecule has 0 aliphatic carbocycles. The lowest BCUT2D eigenvalue weighted by molar-refractivity contribution is 0.421. The first-order valence-electron chi connectivity index (χ1n) is 8.22. The van der Waals surface area contributed by atoms with E-state index in [-0.39, 0.29) is 22.4 Å². The van der Waals surface area contributed by atoms with E-state index in [0.29, 0.717) is 5.75 Å². The first-order valence-corrected chi connectivity index (χ1v) is 8.22. The van der Waals surface area contributed by atoms with Crippen LogP contribution in [0.5, 0.6) is 5.75 Å². The van der Waals surface area contributed by atoms with Crippen molar-refractivity contribution in [2.45, 2.75) is 84.2 Å². The highest BCUT2D eigenvalue weighted by molar-refractivity contribution is 5.50. The van der Waals surface area contributed by atoms with Gasteiger partial charge >= 0.3 is 0 Å². The highest BCUT2D eigenvalue weighted by Gasteiger charge is 2.33. The standard InChI is InChI=1S/C19H32N2O/c1-17(2,3)13-9-12(15-11-19(7,8)21-20-15)10-14(16(13)22)18(4,5)6/h9-10,15,20-22H,11H2,1-8H3. The minimum atomic E-state index is -0.0817. The second kappa shape index (κ2) is 5.24. The molecule has 1 aliphatic heterocycles. The van der Waals surface area contributed by atoms with E-state index in [0.717, 1.165) is 17.5 Å². The van der Waals surface area contributed by atoms with Gasteiger partial charge in [0.1, 0.15) is 5.75 Å².